The van der Waals surface area contributed by atoms with E-state index >= 15 is 0 Å². The third-order valence-electron chi connectivity index (χ3n) is 2.98. The van der Waals surface area contributed by atoms with Gasteiger partial charge in [-0.3, -0.25) is 10.1 Å². The topological polar surface area (TPSA) is 67.8 Å². The molecule has 0 aliphatic heterocycles. The van der Waals surface area contributed by atoms with Crippen molar-refractivity contribution >= 4 is 5.97 Å². The number of rotatable bonds is 5. The van der Waals surface area contributed by atoms with Crippen LogP contribution >= 0.6 is 0 Å². The highest BCUT2D eigenvalue weighted by atomic mass is 16.5. The Morgan fingerprint density at radius 2 is 2.00 bits per heavy atom. The van der Waals surface area contributed by atoms with Crippen molar-refractivity contribution in [3.8, 4) is 11.5 Å². The first kappa shape index (κ1) is 15.3. The minimum absolute atomic E-state index is 0.0886. The molecule has 0 saturated carbocycles. The summed E-state index contributed by atoms with van der Waals surface area (Å²) in [4.78, 5) is 11.6. The molecule has 2 N–H and O–H groups in total. The van der Waals surface area contributed by atoms with Gasteiger partial charge in [-0.1, -0.05) is 6.07 Å². The summed E-state index contributed by atoms with van der Waals surface area (Å²) in [6.07, 6.45) is 0. The molecular formula is C14H21NO4. The van der Waals surface area contributed by atoms with Crippen molar-refractivity contribution in [2.24, 2.45) is 0 Å². The molecule has 5 heteroatoms. The van der Waals surface area contributed by atoms with Crippen molar-refractivity contribution in [3.05, 3.63) is 23.8 Å². The predicted molar refractivity (Wildman–Crippen MR) is 72.3 cm³/mol. The van der Waals surface area contributed by atoms with Gasteiger partial charge >= 0.3 is 5.97 Å². The number of carbonyl (C=O) groups excluding carboxylic acids is 1. The van der Waals surface area contributed by atoms with Gasteiger partial charge in [0.1, 0.15) is 5.54 Å². The molecule has 1 rings (SSSR count). The molecule has 0 amide bonds. The third-order valence-corrected chi connectivity index (χ3v) is 2.98. The van der Waals surface area contributed by atoms with Gasteiger partial charge in [-0.05, 0) is 38.5 Å². The lowest BCUT2D eigenvalue weighted by Gasteiger charge is -2.28. The van der Waals surface area contributed by atoms with E-state index in [0.29, 0.717) is 5.75 Å². The number of carbonyl (C=O) groups is 1. The Morgan fingerprint density at radius 1 is 1.37 bits per heavy atom. The zero-order valence-electron chi connectivity index (χ0n) is 12.0. The van der Waals surface area contributed by atoms with E-state index in [2.05, 4.69) is 5.32 Å². The second kappa shape index (κ2) is 5.93. The molecule has 19 heavy (non-hydrogen) atoms. The molecule has 1 aromatic carbocycles. The number of phenols is 1. The summed E-state index contributed by atoms with van der Waals surface area (Å²) in [7, 11) is 2.86. The minimum Gasteiger partial charge on any atom is -0.504 e. The minimum atomic E-state index is -0.792. The van der Waals surface area contributed by atoms with Gasteiger partial charge in [0.2, 0.25) is 0 Å². The van der Waals surface area contributed by atoms with E-state index in [1.54, 1.807) is 32.0 Å². The molecule has 0 radical (unpaired) electrons. The molecule has 0 spiro atoms. The van der Waals surface area contributed by atoms with Gasteiger partial charge in [0.25, 0.3) is 0 Å². The smallest absolute Gasteiger partial charge is 0.325 e. The molecule has 0 aliphatic carbocycles. The van der Waals surface area contributed by atoms with Crippen molar-refractivity contribution in [3.63, 3.8) is 0 Å². The van der Waals surface area contributed by atoms with Gasteiger partial charge in [0.15, 0.2) is 11.5 Å². The second-order valence-corrected chi connectivity index (χ2v) is 4.91. The zero-order valence-corrected chi connectivity index (χ0v) is 12.0. The molecular weight excluding hydrogens is 246 g/mol. The van der Waals surface area contributed by atoms with E-state index in [1.165, 1.54) is 14.2 Å². The Bertz CT molecular complexity index is 457. The summed E-state index contributed by atoms with van der Waals surface area (Å²) in [6, 6.07) is 4.99. The van der Waals surface area contributed by atoms with Crippen LogP contribution in [0.25, 0.3) is 0 Å². The summed E-state index contributed by atoms with van der Waals surface area (Å²) >= 11 is 0. The molecule has 0 bridgehead atoms. The lowest BCUT2D eigenvalue weighted by atomic mass is 10.0. The summed E-state index contributed by atoms with van der Waals surface area (Å²) in [5, 5.41) is 12.7. The van der Waals surface area contributed by atoms with Crippen molar-refractivity contribution in [2.45, 2.75) is 32.4 Å². The van der Waals surface area contributed by atoms with Gasteiger partial charge in [-0.15, -0.1) is 0 Å². The van der Waals surface area contributed by atoms with Gasteiger partial charge in [0.05, 0.1) is 14.2 Å². The first-order valence-electron chi connectivity index (χ1n) is 6.05. The number of aromatic hydroxyl groups is 1. The molecule has 0 aliphatic rings. The van der Waals surface area contributed by atoms with Crippen LogP contribution in [0.4, 0.5) is 0 Å². The standard InChI is InChI=1S/C14H21NO4/c1-9(15-14(2,3)13(17)19-5)10-6-7-11(16)12(8-10)18-4/h6-9,15-16H,1-5H3. The van der Waals surface area contributed by atoms with Crippen molar-refractivity contribution in [2.75, 3.05) is 14.2 Å². The number of phenolic OH excluding ortho intramolecular Hbond substituents is 1. The molecule has 0 saturated heterocycles. The van der Waals surface area contributed by atoms with Gasteiger partial charge in [-0.25, -0.2) is 0 Å². The average molecular weight is 267 g/mol. The largest absolute Gasteiger partial charge is 0.504 e. The number of hydrogen-bond donors (Lipinski definition) is 2. The monoisotopic (exact) mass is 267 g/mol. The lowest BCUT2D eigenvalue weighted by molar-refractivity contribution is -0.147. The molecule has 106 valence electrons. The van der Waals surface area contributed by atoms with E-state index in [-0.39, 0.29) is 17.8 Å². The first-order chi connectivity index (χ1) is 8.81. The maximum atomic E-state index is 11.6. The highest BCUT2D eigenvalue weighted by molar-refractivity contribution is 5.79. The Labute approximate surface area is 113 Å². The third kappa shape index (κ3) is 3.61. The van der Waals surface area contributed by atoms with Crippen LogP contribution in [0.2, 0.25) is 0 Å². The second-order valence-electron chi connectivity index (χ2n) is 4.91. The van der Waals surface area contributed by atoms with Crippen LogP contribution < -0.4 is 10.1 Å². The Kier molecular flexibility index (Phi) is 4.78. The number of methoxy groups -OCH3 is 2. The quantitative estimate of drug-likeness (QED) is 0.799. The van der Waals surface area contributed by atoms with Crippen molar-refractivity contribution < 1.29 is 19.4 Å². The first-order valence-corrected chi connectivity index (χ1v) is 6.05. The molecule has 5 nitrogen and oxygen atoms in total. The van der Waals surface area contributed by atoms with E-state index in [4.69, 9.17) is 9.47 Å². The number of nitrogens with one attached hydrogen (secondary N) is 1. The van der Waals surface area contributed by atoms with Crippen LogP contribution in [0, 0.1) is 0 Å². The fourth-order valence-electron chi connectivity index (χ4n) is 1.90. The van der Waals surface area contributed by atoms with Crippen molar-refractivity contribution in [1.82, 2.24) is 5.32 Å². The van der Waals surface area contributed by atoms with Crippen molar-refractivity contribution in [1.29, 1.82) is 0 Å². The molecule has 0 heterocycles. The average Bonchev–Trinajstić information content (AvgIpc) is 2.37. The van der Waals surface area contributed by atoms with Gasteiger partial charge in [0, 0.05) is 6.04 Å². The number of hydrogen-bond acceptors (Lipinski definition) is 5. The fourth-order valence-corrected chi connectivity index (χ4v) is 1.90. The van der Waals surface area contributed by atoms with Crippen LogP contribution in [0.5, 0.6) is 11.5 Å². The number of benzene rings is 1. The Balaban J connectivity index is 2.89. The highest BCUT2D eigenvalue weighted by Gasteiger charge is 2.30. The SMILES string of the molecule is COC(=O)C(C)(C)NC(C)c1ccc(O)c(OC)c1. The Hall–Kier alpha value is -1.75. The van der Waals surface area contributed by atoms with Gasteiger partial charge in [-0.2, -0.15) is 0 Å². The summed E-state index contributed by atoms with van der Waals surface area (Å²) in [6.45, 7) is 5.44. The Morgan fingerprint density at radius 3 is 2.53 bits per heavy atom. The molecule has 1 unspecified atom stereocenters. The lowest BCUT2D eigenvalue weighted by Crippen LogP contribution is -2.48. The molecule has 1 aromatic rings. The number of esters is 1. The fraction of sp³-hybridized carbons (Fsp3) is 0.500. The van der Waals surface area contributed by atoms with Crippen LogP contribution in [-0.4, -0.2) is 30.8 Å². The molecule has 0 aromatic heterocycles. The van der Waals surface area contributed by atoms with Crippen LogP contribution in [0.15, 0.2) is 18.2 Å². The summed E-state index contributed by atoms with van der Waals surface area (Å²) < 4.78 is 9.81. The van der Waals surface area contributed by atoms with E-state index in [1.807, 2.05) is 6.92 Å². The zero-order chi connectivity index (χ0) is 14.6. The number of ether oxygens (including phenoxy) is 2. The van der Waals surface area contributed by atoms with E-state index < -0.39 is 5.54 Å². The predicted octanol–water partition coefficient (Wildman–Crippen LogP) is 2.00. The summed E-state index contributed by atoms with van der Waals surface area (Å²) in [5.74, 6) is 0.165. The molecule has 1 atom stereocenters. The normalized spacial score (nSPS) is 12.9. The maximum absolute atomic E-state index is 11.6. The summed E-state index contributed by atoms with van der Waals surface area (Å²) in [5.41, 5.74) is 0.117. The van der Waals surface area contributed by atoms with Crippen LogP contribution in [0.1, 0.15) is 32.4 Å². The maximum Gasteiger partial charge on any atom is 0.325 e. The van der Waals surface area contributed by atoms with E-state index in [0.717, 1.165) is 5.56 Å². The van der Waals surface area contributed by atoms with E-state index in [9.17, 15) is 9.90 Å². The van der Waals surface area contributed by atoms with Crippen LogP contribution in [0.3, 0.4) is 0 Å². The highest BCUT2D eigenvalue weighted by Crippen LogP contribution is 2.29. The van der Waals surface area contributed by atoms with Crippen LogP contribution in [-0.2, 0) is 9.53 Å². The van der Waals surface area contributed by atoms with Gasteiger partial charge < -0.3 is 14.6 Å². The molecule has 0 fully saturated rings.